The largest absolute Gasteiger partial charge is 0.425 e. The van der Waals surface area contributed by atoms with E-state index in [2.05, 4.69) is 5.32 Å². The molecule has 32 heavy (non-hydrogen) atoms. The van der Waals surface area contributed by atoms with Crippen LogP contribution in [0.25, 0.3) is 0 Å². The van der Waals surface area contributed by atoms with Gasteiger partial charge >= 0.3 is 11.9 Å². The summed E-state index contributed by atoms with van der Waals surface area (Å²) in [5, 5.41) is 12.9. The van der Waals surface area contributed by atoms with Gasteiger partial charge < -0.3 is 19.9 Å². The number of carbonyl (C=O) groups is 3. The Morgan fingerprint density at radius 1 is 1.12 bits per heavy atom. The molecule has 0 aliphatic heterocycles. The molecule has 1 aliphatic rings. The molecule has 1 fully saturated rings. The van der Waals surface area contributed by atoms with Gasteiger partial charge in [-0.3, -0.25) is 13.8 Å². The first-order valence-corrected chi connectivity index (χ1v) is 12.7. The van der Waals surface area contributed by atoms with Crippen LogP contribution in [0.5, 0.6) is 0 Å². The highest BCUT2D eigenvalue weighted by Crippen LogP contribution is 2.27. The van der Waals surface area contributed by atoms with Crippen molar-refractivity contribution in [3.8, 4) is 0 Å². The number of aliphatic hydroxyl groups excluding tert-OH is 1. The maximum Gasteiger partial charge on any atom is 0.338 e. The Morgan fingerprint density at radius 2 is 1.75 bits per heavy atom. The van der Waals surface area contributed by atoms with E-state index in [0.29, 0.717) is 0 Å². The summed E-state index contributed by atoms with van der Waals surface area (Å²) in [7, 11) is -3.91. The van der Waals surface area contributed by atoms with E-state index < -0.39 is 46.5 Å². The first-order valence-electron chi connectivity index (χ1n) is 11.1. The molecule has 2 atom stereocenters. The predicted octanol–water partition coefficient (Wildman–Crippen LogP) is 1.65. The first-order chi connectivity index (χ1) is 14.9. The van der Waals surface area contributed by atoms with Crippen LogP contribution in [-0.2, 0) is 38.2 Å². The predicted molar refractivity (Wildman–Crippen MR) is 116 cm³/mol. The Hall–Kier alpha value is -1.72. The maximum atomic E-state index is 12.4. The molecule has 1 aliphatic carbocycles. The fraction of sp³-hybridized carbons (Fsp3) is 0.857. The molecule has 0 heterocycles. The van der Waals surface area contributed by atoms with Crippen LogP contribution in [0.1, 0.15) is 72.6 Å². The summed E-state index contributed by atoms with van der Waals surface area (Å²) in [5.41, 5.74) is -1.28. The summed E-state index contributed by atoms with van der Waals surface area (Å²) in [6.07, 6.45) is 2.06. The van der Waals surface area contributed by atoms with E-state index in [4.69, 9.17) is 13.7 Å². The van der Waals surface area contributed by atoms with E-state index in [1.54, 1.807) is 6.92 Å². The smallest absolute Gasteiger partial charge is 0.338 e. The highest BCUT2D eigenvalue weighted by Gasteiger charge is 2.38. The average molecular weight is 480 g/mol. The van der Waals surface area contributed by atoms with E-state index in [0.717, 1.165) is 32.1 Å². The molecule has 0 aromatic carbocycles. The Kier molecular flexibility index (Phi) is 11.6. The fourth-order valence-electron chi connectivity index (χ4n) is 3.16. The molecule has 1 amide bonds. The van der Waals surface area contributed by atoms with Crippen molar-refractivity contribution in [3.63, 3.8) is 0 Å². The van der Waals surface area contributed by atoms with Crippen molar-refractivity contribution in [2.45, 2.75) is 85.0 Å². The summed E-state index contributed by atoms with van der Waals surface area (Å²) < 4.78 is 39.5. The van der Waals surface area contributed by atoms with Gasteiger partial charge in [-0.1, -0.05) is 40.0 Å². The molecule has 0 aromatic rings. The highest BCUT2D eigenvalue weighted by atomic mass is 32.2. The number of amides is 1. The number of ether oxygens (including phenoxy) is 2. The summed E-state index contributed by atoms with van der Waals surface area (Å²) in [5.74, 6) is -2.22. The number of nitrogens with one attached hydrogen (secondary N) is 1. The van der Waals surface area contributed by atoms with Gasteiger partial charge in [0.05, 0.1) is 18.3 Å². The lowest BCUT2D eigenvalue weighted by Crippen LogP contribution is -2.43. The molecule has 11 heteroatoms. The van der Waals surface area contributed by atoms with Gasteiger partial charge in [0, 0.05) is 25.3 Å². The molecule has 0 spiro atoms. The van der Waals surface area contributed by atoms with E-state index in [1.165, 1.54) is 20.8 Å². The minimum absolute atomic E-state index is 0.164. The second-order valence-electron chi connectivity index (χ2n) is 8.80. The lowest BCUT2D eigenvalue weighted by atomic mass is 9.87. The van der Waals surface area contributed by atoms with Crippen molar-refractivity contribution >= 4 is 28.0 Å². The average Bonchev–Trinajstić information content (AvgIpc) is 2.74. The van der Waals surface area contributed by atoms with Gasteiger partial charge in [0.1, 0.15) is 0 Å². The summed E-state index contributed by atoms with van der Waals surface area (Å²) in [6.45, 7) is 5.66. The van der Waals surface area contributed by atoms with Gasteiger partial charge in [-0.05, 0) is 19.3 Å². The Labute approximate surface area is 190 Å². The summed E-state index contributed by atoms with van der Waals surface area (Å²) in [4.78, 5) is 35.5. The second kappa shape index (κ2) is 13.1. The van der Waals surface area contributed by atoms with Crippen LogP contribution in [0, 0.1) is 11.3 Å². The summed E-state index contributed by atoms with van der Waals surface area (Å²) >= 11 is 0. The molecule has 1 rings (SSSR count). The van der Waals surface area contributed by atoms with Crippen LogP contribution in [0.4, 0.5) is 0 Å². The van der Waals surface area contributed by atoms with Gasteiger partial charge in [0.2, 0.25) is 12.2 Å². The Morgan fingerprint density at radius 3 is 2.31 bits per heavy atom. The van der Waals surface area contributed by atoms with Crippen molar-refractivity contribution in [3.05, 3.63) is 0 Å². The molecule has 186 valence electrons. The monoisotopic (exact) mass is 479 g/mol. The number of esters is 2. The molecule has 1 unspecified atom stereocenters. The van der Waals surface area contributed by atoms with Crippen LogP contribution in [0.15, 0.2) is 0 Å². The number of hydrogen-bond donors (Lipinski definition) is 2. The zero-order valence-electron chi connectivity index (χ0n) is 19.4. The van der Waals surface area contributed by atoms with E-state index in [9.17, 15) is 27.9 Å². The van der Waals surface area contributed by atoms with Gasteiger partial charge in [-0.25, -0.2) is 4.79 Å². The van der Waals surface area contributed by atoms with Gasteiger partial charge in [-0.15, -0.1) is 0 Å². The third-order valence-electron chi connectivity index (χ3n) is 5.29. The zero-order valence-corrected chi connectivity index (χ0v) is 20.2. The van der Waals surface area contributed by atoms with Crippen molar-refractivity contribution in [1.29, 1.82) is 0 Å². The molecular formula is C21H37NO9S. The molecular weight excluding hydrogens is 442 g/mol. The van der Waals surface area contributed by atoms with Crippen molar-refractivity contribution in [2.24, 2.45) is 11.3 Å². The van der Waals surface area contributed by atoms with Gasteiger partial charge in [0.15, 0.2) is 6.10 Å². The lowest BCUT2D eigenvalue weighted by Gasteiger charge is -2.30. The van der Waals surface area contributed by atoms with Crippen molar-refractivity contribution in [1.82, 2.24) is 5.32 Å². The molecule has 0 bridgehead atoms. The fourth-order valence-corrected chi connectivity index (χ4v) is 4.26. The molecule has 10 nitrogen and oxygen atoms in total. The standard InChI is InChI=1S/C21H37NO9S/c1-5-17(30-19(25)16-10-7-6-8-11-16)31-20(26)18(24)21(3,4)14-29-32(27,28)13-9-12-22-15(2)23/h16-18,24H,5-14H2,1-4H3,(H,22,23)/t17?,18-/m0/s1. The van der Waals surface area contributed by atoms with E-state index >= 15 is 0 Å². The van der Waals surface area contributed by atoms with E-state index in [-0.39, 0.29) is 37.0 Å². The minimum Gasteiger partial charge on any atom is -0.425 e. The lowest BCUT2D eigenvalue weighted by molar-refractivity contribution is -0.201. The number of carbonyl (C=O) groups excluding carboxylic acids is 3. The van der Waals surface area contributed by atoms with Crippen LogP contribution in [0.3, 0.4) is 0 Å². The zero-order chi connectivity index (χ0) is 24.4. The second-order valence-corrected chi connectivity index (χ2v) is 10.6. The van der Waals surface area contributed by atoms with Crippen molar-refractivity contribution in [2.75, 3.05) is 18.9 Å². The highest BCUT2D eigenvalue weighted by molar-refractivity contribution is 7.86. The van der Waals surface area contributed by atoms with Crippen molar-refractivity contribution < 1.29 is 41.6 Å². The van der Waals surface area contributed by atoms with Gasteiger partial charge in [0.25, 0.3) is 10.1 Å². The Bertz CT molecular complexity index is 730. The third-order valence-corrected chi connectivity index (χ3v) is 6.55. The van der Waals surface area contributed by atoms with E-state index in [1.807, 2.05) is 0 Å². The molecule has 0 saturated heterocycles. The molecule has 0 aromatic heterocycles. The topological polar surface area (TPSA) is 145 Å². The SMILES string of the molecule is CCC(OC(=O)C1CCCCC1)OC(=O)[C@H](O)C(C)(C)COS(=O)(=O)CCCNC(C)=O. The van der Waals surface area contributed by atoms with Crippen LogP contribution < -0.4 is 5.32 Å². The molecule has 1 saturated carbocycles. The number of rotatable bonds is 13. The number of hydrogen-bond acceptors (Lipinski definition) is 9. The van der Waals surface area contributed by atoms with Crippen LogP contribution in [-0.4, -0.2) is 62.7 Å². The Balaban J connectivity index is 2.54. The molecule has 0 radical (unpaired) electrons. The quantitative estimate of drug-likeness (QED) is 0.174. The van der Waals surface area contributed by atoms with Crippen LogP contribution >= 0.6 is 0 Å². The molecule has 2 N–H and O–H groups in total. The van der Waals surface area contributed by atoms with Gasteiger partial charge in [-0.2, -0.15) is 8.42 Å². The normalized spacial score (nSPS) is 17.3. The third kappa shape index (κ3) is 10.3. The minimum atomic E-state index is -3.91. The first kappa shape index (κ1) is 28.3. The number of aliphatic hydroxyl groups is 1. The maximum absolute atomic E-state index is 12.4. The van der Waals surface area contributed by atoms with Crippen LogP contribution in [0.2, 0.25) is 0 Å². The summed E-state index contributed by atoms with van der Waals surface area (Å²) in [6, 6.07) is 0.